The van der Waals surface area contributed by atoms with Gasteiger partial charge in [0.1, 0.15) is 24.4 Å². The van der Waals surface area contributed by atoms with E-state index in [-0.39, 0.29) is 0 Å². The van der Waals surface area contributed by atoms with Crippen molar-refractivity contribution in [3.05, 3.63) is 70.8 Å². The fourth-order valence-electron chi connectivity index (χ4n) is 4.87. The Morgan fingerprint density at radius 1 is 0.571 bits per heavy atom. The maximum Gasteiger partial charge on any atom is 0.109 e. The van der Waals surface area contributed by atoms with Crippen molar-refractivity contribution >= 4 is 44.5 Å². The van der Waals surface area contributed by atoms with Crippen LogP contribution in [0.5, 0.6) is 0 Å². The highest BCUT2D eigenvalue weighted by molar-refractivity contribution is 6.26. The van der Waals surface area contributed by atoms with Crippen LogP contribution < -0.4 is 0 Å². The Morgan fingerprint density at radius 3 is 1.43 bits per heavy atom. The Labute approximate surface area is 160 Å². The van der Waals surface area contributed by atoms with E-state index in [1.165, 1.54) is 0 Å². The molecule has 4 nitrogen and oxygen atoms in total. The molecular formula is C24H18O4. The molecule has 4 atom stereocenters. The number of benzene rings is 4. The van der Waals surface area contributed by atoms with Crippen LogP contribution in [0, 0.1) is 0 Å². The zero-order valence-corrected chi connectivity index (χ0v) is 14.9. The van der Waals surface area contributed by atoms with Crippen LogP contribution in [0.1, 0.15) is 34.5 Å². The van der Waals surface area contributed by atoms with Gasteiger partial charge in [0.05, 0.1) is 0 Å². The lowest BCUT2D eigenvalue weighted by atomic mass is 9.81. The van der Waals surface area contributed by atoms with Crippen molar-refractivity contribution < 1.29 is 20.4 Å². The third kappa shape index (κ3) is 1.93. The van der Waals surface area contributed by atoms with Gasteiger partial charge in [-0.2, -0.15) is 0 Å². The monoisotopic (exact) mass is 370 g/mol. The number of rotatable bonds is 0. The van der Waals surface area contributed by atoms with Crippen LogP contribution in [-0.4, -0.2) is 32.6 Å². The minimum absolute atomic E-state index is 0.737. The molecule has 4 N–H and O–H groups in total. The first-order chi connectivity index (χ1) is 13.5. The van der Waals surface area contributed by atoms with Crippen LogP contribution >= 0.6 is 0 Å². The summed E-state index contributed by atoms with van der Waals surface area (Å²) in [5, 5.41) is 47.3. The Morgan fingerprint density at radius 2 is 1.00 bits per heavy atom. The number of aliphatic hydroxyl groups is 4. The van der Waals surface area contributed by atoms with Crippen molar-refractivity contribution in [2.45, 2.75) is 24.4 Å². The lowest BCUT2D eigenvalue weighted by Gasteiger charge is -2.27. The molecule has 0 amide bonds. The molecule has 4 aromatic rings. The quantitative estimate of drug-likeness (QED) is 0.358. The lowest BCUT2D eigenvalue weighted by molar-refractivity contribution is 0.0472. The van der Waals surface area contributed by atoms with Crippen molar-refractivity contribution in [3.8, 4) is 0 Å². The summed E-state index contributed by atoms with van der Waals surface area (Å²) >= 11 is 0. The van der Waals surface area contributed by atoms with Gasteiger partial charge in [-0.1, -0.05) is 48.6 Å². The zero-order valence-electron chi connectivity index (χ0n) is 14.9. The van der Waals surface area contributed by atoms with Crippen LogP contribution in [0.2, 0.25) is 0 Å². The van der Waals surface area contributed by atoms with Crippen LogP contribution in [0.3, 0.4) is 0 Å². The molecule has 138 valence electrons. The first kappa shape index (κ1) is 16.2. The lowest BCUT2D eigenvalue weighted by Crippen LogP contribution is -2.20. The molecule has 0 aromatic heterocycles. The molecule has 4 aromatic carbocycles. The smallest absolute Gasteiger partial charge is 0.109 e. The molecule has 0 saturated heterocycles. The molecule has 6 rings (SSSR count). The van der Waals surface area contributed by atoms with Gasteiger partial charge in [0, 0.05) is 0 Å². The molecule has 0 aliphatic heterocycles. The summed E-state index contributed by atoms with van der Waals surface area (Å²) in [5.74, 6) is 0. The summed E-state index contributed by atoms with van der Waals surface area (Å²) in [4.78, 5) is 0. The van der Waals surface area contributed by atoms with E-state index in [2.05, 4.69) is 0 Å². The van der Waals surface area contributed by atoms with Gasteiger partial charge in [-0.3, -0.25) is 0 Å². The van der Waals surface area contributed by atoms with Gasteiger partial charge in [0.15, 0.2) is 0 Å². The van der Waals surface area contributed by atoms with Crippen LogP contribution in [0.15, 0.2) is 48.6 Å². The maximum absolute atomic E-state index is 10.5. The molecule has 0 fully saturated rings. The largest absolute Gasteiger partial charge is 0.386 e. The molecule has 0 unspecified atom stereocenters. The van der Waals surface area contributed by atoms with Crippen LogP contribution in [0.4, 0.5) is 0 Å². The van der Waals surface area contributed by atoms with E-state index in [1.54, 1.807) is 12.2 Å². The zero-order chi connectivity index (χ0) is 19.2. The summed E-state index contributed by atoms with van der Waals surface area (Å²) in [7, 11) is 0. The van der Waals surface area contributed by atoms with E-state index >= 15 is 0 Å². The van der Waals surface area contributed by atoms with Gasteiger partial charge < -0.3 is 20.4 Å². The average Bonchev–Trinajstić information content (AvgIpc) is 2.71. The van der Waals surface area contributed by atoms with Gasteiger partial charge in [-0.25, -0.2) is 0 Å². The van der Waals surface area contributed by atoms with Crippen LogP contribution in [0.25, 0.3) is 44.5 Å². The maximum atomic E-state index is 10.5. The van der Waals surface area contributed by atoms with Gasteiger partial charge in [0.2, 0.25) is 0 Å². The Bertz CT molecular complexity index is 1230. The number of hydrogen-bond donors (Lipinski definition) is 4. The topological polar surface area (TPSA) is 80.9 Å². The molecule has 0 heterocycles. The van der Waals surface area contributed by atoms with Crippen molar-refractivity contribution in [1.29, 1.82) is 0 Å². The highest BCUT2D eigenvalue weighted by Crippen LogP contribution is 2.44. The van der Waals surface area contributed by atoms with Crippen molar-refractivity contribution in [1.82, 2.24) is 0 Å². The Balaban J connectivity index is 1.79. The first-order valence-electron chi connectivity index (χ1n) is 9.41. The Hall–Kier alpha value is -2.76. The van der Waals surface area contributed by atoms with E-state index in [9.17, 15) is 20.4 Å². The van der Waals surface area contributed by atoms with E-state index in [1.807, 2.05) is 48.6 Å². The Kier molecular flexibility index (Phi) is 3.13. The molecule has 0 saturated carbocycles. The molecule has 2 aliphatic rings. The SMILES string of the molecule is O[C@@H]1C=Cc2c(cc3ccc4c5c(cc6ccc2c3c64)[C@@H](O)[C@H](O)C=C5)[C@H]1O. The van der Waals surface area contributed by atoms with E-state index in [0.29, 0.717) is 0 Å². The van der Waals surface area contributed by atoms with Crippen molar-refractivity contribution in [2.24, 2.45) is 0 Å². The molecular weight excluding hydrogens is 352 g/mol. The summed E-state index contributed by atoms with van der Waals surface area (Å²) in [6.07, 6.45) is 3.36. The van der Waals surface area contributed by atoms with E-state index < -0.39 is 24.4 Å². The first-order valence-corrected chi connectivity index (χ1v) is 9.41. The van der Waals surface area contributed by atoms with Gasteiger partial charge in [0.25, 0.3) is 0 Å². The molecule has 0 bridgehead atoms. The van der Waals surface area contributed by atoms with Gasteiger partial charge in [-0.05, 0) is 66.7 Å². The minimum atomic E-state index is -0.936. The third-order valence-electron chi connectivity index (χ3n) is 6.25. The summed E-state index contributed by atoms with van der Waals surface area (Å²) in [5.41, 5.74) is 3.34. The minimum Gasteiger partial charge on any atom is -0.386 e. The number of fused-ring (bicyclic) bond motifs is 4. The highest BCUT2D eigenvalue weighted by atomic mass is 16.3. The third-order valence-corrected chi connectivity index (χ3v) is 6.25. The van der Waals surface area contributed by atoms with Crippen molar-refractivity contribution in [3.63, 3.8) is 0 Å². The molecule has 2 aliphatic carbocycles. The normalized spacial score (nSPS) is 26.3. The second-order valence-electron chi connectivity index (χ2n) is 7.77. The number of aliphatic hydroxyl groups excluding tert-OH is 4. The van der Waals surface area contributed by atoms with Gasteiger partial charge in [-0.15, -0.1) is 0 Å². The van der Waals surface area contributed by atoms with E-state index in [0.717, 1.165) is 54.6 Å². The van der Waals surface area contributed by atoms with E-state index in [4.69, 9.17) is 0 Å². The predicted octanol–water partition coefficient (Wildman–Crippen LogP) is 3.43. The fraction of sp³-hybridized carbons (Fsp3) is 0.167. The van der Waals surface area contributed by atoms with Crippen molar-refractivity contribution in [2.75, 3.05) is 0 Å². The summed E-state index contributed by atoms with van der Waals surface area (Å²) < 4.78 is 0. The predicted molar refractivity (Wildman–Crippen MR) is 110 cm³/mol. The van der Waals surface area contributed by atoms with Gasteiger partial charge >= 0.3 is 0 Å². The highest BCUT2D eigenvalue weighted by Gasteiger charge is 2.28. The standard InChI is InChI=1S/C24H18O4/c25-19-8-6-14-16-4-2-12-10-18-13(5-7-20(26)24(18)28)15-3-1-11(21(16)22(12)15)9-17(14)23(19)27/h1-10,19-20,23-28H/t19-,20-,23-,24-/m1/s1. The summed E-state index contributed by atoms with van der Waals surface area (Å²) in [6.45, 7) is 0. The van der Waals surface area contributed by atoms with Crippen LogP contribution in [-0.2, 0) is 0 Å². The fourth-order valence-corrected chi connectivity index (χ4v) is 4.87. The second kappa shape index (κ2) is 5.40. The second-order valence-corrected chi connectivity index (χ2v) is 7.77. The molecule has 0 radical (unpaired) electrons. The summed E-state index contributed by atoms with van der Waals surface area (Å²) in [6, 6.07) is 12.0. The molecule has 0 spiro atoms. The number of hydrogen-bond acceptors (Lipinski definition) is 4. The molecule has 4 heteroatoms. The molecule has 28 heavy (non-hydrogen) atoms. The average molecular weight is 370 g/mol.